The molecule has 1 aromatic heterocycles. The third kappa shape index (κ3) is 2.33. The summed E-state index contributed by atoms with van der Waals surface area (Å²) in [6.45, 7) is 2.41. The minimum absolute atomic E-state index is 0.100. The number of Topliss-reactive ketones (excluding diaryl/α,β-unsaturated/α-hetero) is 1. The van der Waals surface area contributed by atoms with E-state index in [1.54, 1.807) is 6.92 Å². The fourth-order valence-corrected chi connectivity index (χ4v) is 3.20. The number of carbonyl (C=O) groups excluding carboxylic acids is 1. The molecule has 112 valence electrons. The summed E-state index contributed by atoms with van der Waals surface area (Å²) < 4.78 is 2.30. The molecule has 23 heavy (non-hydrogen) atoms. The molecule has 2 heteroatoms. The Hall–Kier alpha value is -2.87. The first kappa shape index (κ1) is 13.8. The molecule has 0 aliphatic carbocycles. The van der Waals surface area contributed by atoms with Gasteiger partial charge >= 0.3 is 0 Å². The van der Waals surface area contributed by atoms with E-state index >= 15 is 0 Å². The van der Waals surface area contributed by atoms with Crippen molar-refractivity contribution in [3.8, 4) is 0 Å². The van der Waals surface area contributed by atoms with Crippen LogP contribution in [0, 0.1) is 0 Å². The van der Waals surface area contributed by atoms with Crippen molar-refractivity contribution < 1.29 is 4.79 Å². The number of para-hydroxylation sites is 1. The van der Waals surface area contributed by atoms with Gasteiger partial charge in [-0.05, 0) is 24.6 Å². The van der Waals surface area contributed by atoms with Gasteiger partial charge in [-0.1, -0.05) is 60.7 Å². The third-order valence-electron chi connectivity index (χ3n) is 4.36. The Kier molecular flexibility index (Phi) is 3.23. The monoisotopic (exact) mass is 299 g/mol. The summed E-state index contributed by atoms with van der Waals surface area (Å²) >= 11 is 0. The van der Waals surface area contributed by atoms with Crippen LogP contribution in [0.25, 0.3) is 21.8 Å². The number of benzene rings is 3. The Morgan fingerprint density at radius 1 is 0.826 bits per heavy atom. The lowest BCUT2D eigenvalue weighted by atomic mass is 10.1. The molecule has 0 spiro atoms. The first-order valence-corrected chi connectivity index (χ1v) is 7.80. The summed E-state index contributed by atoms with van der Waals surface area (Å²) in [5.41, 5.74) is 4.33. The summed E-state index contributed by atoms with van der Waals surface area (Å²) in [4.78, 5) is 11.8. The van der Waals surface area contributed by atoms with E-state index in [-0.39, 0.29) is 5.78 Å². The molecule has 0 aliphatic rings. The predicted molar refractivity (Wildman–Crippen MR) is 95.0 cm³/mol. The third-order valence-corrected chi connectivity index (χ3v) is 4.36. The standard InChI is InChI=1S/C21H17NO/c1-15(23)17-11-12-19-18-9-5-6-10-20(18)22(21(19)13-17)14-16-7-3-2-4-8-16/h2-13H,14H2,1H3. The molecule has 0 unspecified atom stereocenters. The van der Waals surface area contributed by atoms with Crippen LogP contribution in [0.15, 0.2) is 72.8 Å². The average molecular weight is 299 g/mol. The van der Waals surface area contributed by atoms with Crippen LogP contribution >= 0.6 is 0 Å². The average Bonchev–Trinajstić information content (AvgIpc) is 2.90. The van der Waals surface area contributed by atoms with E-state index in [1.807, 2.05) is 18.2 Å². The minimum atomic E-state index is 0.100. The molecular formula is C21H17NO. The van der Waals surface area contributed by atoms with Crippen LogP contribution in [0.5, 0.6) is 0 Å². The second kappa shape index (κ2) is 5.40. The number of hydrogen-bond acceptors (Lipinski definition) is 1. The molecule has 0 aliphatic heterocycles. The van der Waals surface area contributed by atoms with Crippen LogP contribution in [0.4, 0.5) is 0 Å². The highest BCUT2D eigenvalue weighted by Crippen LogP contribution is 2.30. The van der Waals surface area contributed by atoms with Gasteiger partial charge in [0.15, 0.2) is 5.78 Å². The number of nitrogens with zero attached hydrogens (tertiary/aromatic N) is 1. The summed E-state index contributed by atoms with van der Waals surface area (Å²) in [5.74, 6) is 0.100. The van der Waals surface area contributed by atoms with Crippen molar-refractivity contribution in [3.05, 3.63) is 83.9 Å². The van der Waals surface area contributed by atoms with Gasteiger partial charge < -0.3 is 4.57 Å². The van der Waals surface area contributed by atoms with Crippen LogP contribution < -0.4 is 0 Å². The predicted octanol–water partition coefficient (Wildman–Crippen LogP) is 5.05. The highest BCUT2D eigenvalue weighted by atomic mass is 16.1. The lowest BCUT2D eigenvalue weighted by molar-refractivity contribution is 0.101. The molecule has 0 atom stereocenters. The summed E-state index contributed by atoms with van der Waals surface area (Å²) in [5, 5.41) is 2.43. The van der Waals surface area contributed by atoms with E-state index in [0.717, 1.165) is 17.6 Å². The quantitative estimate of drug-likeness (QED) is 0.485. The van der Waals surface area contributed by atoms with Gasteiger partial charge in [0.2, 0.25) is 0 Å². The SMILES string of the molecule is CC(=O)c1ccc2c3ccccc3n(Cc3ccccc3)c2c1. The van der Waals surface area contributed by atoms with Gasteiger partial charge in [-0.3, -0.25) is 4.79 Å². The lowest BCUT2D eigenvalue weighted by Crippen LogP contribution is -2.00. The maximum absolute atomic E-state index is 11.8. The van der Waals surface area contributed by atoms with Crippen molar-refractivity contribution in [2.45, 2.75) is 13.5 Å². The normalized spacial score (nSPS) is 11.2. The molecule has 2 nitrogen and oxygen atoms in total. The molecule has 4 aromatic rings. The van der Waals surface area contributed by atoms with Crippen molar-refractivity contribution in [3.63, 3.8) is 0 Å². The smallest absolute Gasteiger partial charge is 0.159 e. The first-order valence-electron chi connectivity index (χ1n) is 7.80. The molecule has 0 bridgehead atoms. The second-order valence-corrected chi connectivity index (χ2v) is 5.88. The Balaban J connectivity index is 2.01. The molecule has 1 heterocycles. The number of ketones is 1. The molecule has 0 saturated carbocycles. The molecular weight excluding hydrogens is 282 g/mol. The van der Waals surface area contributed by atoms with Gasteiger partial charge in [0.1, 0.15) is 0 Å². The topological polar surface area (TPSA) is 22.0 Å². The maximum atomic E-state index is 11.8. The Morgan fingerprint density at radius 3 is 2.30 bits per heavy atom. The summed E-state index contributed by atoms with van der Waals surface area (Å²) in [6.07, 6.45) is 0. The zero-order valence-corrected chi connectivity index (χ0v) is 13.0. The Bertz CT molecular complexity index is 1010. The van der Waals surface area contributed by atoms with Crippen LogP contribution in [0.2, 0.25) is 0 Å². The van der Waals surface area contributed by atoms with Crippen LogP contribution in [0.3, 0.4) is 0 Å². The van der Waals surface area contributed by atoms with E-state index in [1.165, 1.54) is 21.9 Å². The molecule has 3 aromatic carbocycles. The lowest BCUT2D eigenvalue weighted by Gasteiger charge is -2.08. The van der Waals surface area contributed by atoms with Crippen LogP contribution in [0.1, 0.15) is 22.8 Å². The minimum Gasteiger partial charge on any atom is -0.336 e. The Morgan fingerprint density at radius 2 is 1.52 bits per heavy atom. The molecule has 0 saturated heterocycles. The molecule has 0 radical (unpaired) electrons. The summed E-state index contributed by atoms with van der Waals surface area (Å²) in [7, 11) is 0. The van der Waals surface area contributed by atoms with Crippen LogP contribution in [-0.2, 0) is 6.54 Å². The Labute approximate surface area is 135 Å². The molecule has 4 rings (SSSR count). The summed E-state index contributed by atoms with van der Waals surface area (Å²) in [6, 6.07) is 24.8. The number of hydrogen-bond donors (Lipinski definition) is 0. The number of carbonyl (C=O) groups is 1. The fourth-order valence-electron chi connectivity index (χ4n) is 3.20. The van der Waals surface area contributed by atoms with Crippen molar-refractivity contribution in [2.75, 3.05) is 0 Å². The highest BCUT2D eigenvalue weighted by Gasteiger charge is 2.12. The highest BCUT2D eigenvalue weighted by molar-refractivity contribution is 6.10. The van der Waals surface area contributed by atoms with Crippen molar-refractivity contribution in [1.29, 1.82) is 0 Å². The van der Waals surface area contributed by atoms with Crippen LogP contribution in [-0.4, -0.2) is 10.4 Å². The van der Waals surface area contributed by atoms with E-state index < -0.39 is 0 Å². The van der Waals surface area contributed by atoms with E-state index in [9.17, 15) is 4.79 Å². The van der Waals surface area contributed by atoms with Gasteiger partial charge in [-0.25, -0.2) is 0 Å². The first-order chi connectivity index (χ1) is 11.2. The second-order valence-electron chi connectivity index (χ2n) is 5.88. The van der Waals surface area contributed by atoms with Crippen molar-refractivity contribution in [2.24, 2.45) is 0 Å². The number of fused-ring (bicyclic) bond motifs is 3. The van der Waals surface area contributed by atoms with E-state index in [0.29, 0.717) is 0 Å². The van der Waals surface area contributed by atoms with Crippen molar-refractivity contribution >= 4 is 27.6 Å². The number of rotatable bonds is 3. The molecule has 0 fully saturated rings. The van der Waals surface area contributed by atoms with E-state index in [4.69, 9.17) is 0 Å². The zero-order valence-electron chi connectivity index (χ0n) is 13.0. The number of aromatic nitrogens is 1. The van der Waals surface area contributed by atoms with Gasteiger partial charge in [0, 0.05) is 28.4 Å². The molecule has 0 amide bonds. The van der Waals surface area contributed by atoms with Gasteiger partial charge in [0.05, 0.1) is 5.52 Å². The molecule has 0 N–H and O–H groups in total. The largest absolute Gasteiger partial charge is 0.336 e. The van der Waals surface area contributed by atoms with Gasteiger partial charge in [0.25, 0.3) is 0 Å². The fraction of sp³-hybridized carbons (Fsp3) is 0.0952. The maximum Gasteiger partial charge on any atom is 0.159 e. The van der Waals surface area contributed by atoms with Gasteiger partial charge in [-0.2, -0.15) is 0 Å². The zero-order chi connectivity index (χ0) is 15.8. The van der Waals surface area contributed by atoms with Crippen molar-refractivity contribution in [1.82, 2.24) is 4.57 Å². The van der Waals surface area contributed by atoms with Gasteiger partial charge in [-0.15, -0.1) is 0 Å². The van der Waals surface area contributed by atoms with E-state index in [2.05, 4.69) is 59.2 Å².